The number of methoxy groups -OCH3 is 1. The second kappa shape index (κ2) is 6.30. The van der Waals surface area contributed by atoms with Crippen LogP contribution in [-0.4, -0.2) is 37.6 Å². The number of ether oxygens (including phenoxy) is 1. The van der Waals surface area contributed by atoms with E-state index in [1.54, 1.807) is 6.92 Å². The maximum atomic E-state index is 13.7. The van der Waals surface area contributed by atoms with Crippen LogP contribution >= 0.6 is 0 Å². The van der Waals surface area contributed by atoms with Gasteiger partial charge in [-0.1, -0.05) is 0 Å². The number of amides is 1. The van der Waals surface area contributed by atoms with Crippen LogP contribution in [-0.2, 0) is 4.74 Å². The van der Waals surface area contributed by atoms with Crippen LogP contribution in [0.25, 0.3) is 0 Å². The normalized spacial score (nSPS) is 10.4. The monoisotopic (exact) mass is 258 g/mol. The van der Waals surface area contributed by atoms with Crippen LogP contribution in [0, 0.1) is 11.6 Å². The lowest BCUT2D eigenvalue weighted by atomic mass is 10.1. The molecule has 18 heavy (non-hydrogen) atoms. The van der Waals surface area contributed by atoms with Gasteiger partial charge in [-0.05, 0) is 19.1 Å². The summed E-state index contributed by atoms with van der Waals surface area (Å²) >= 11 is 0. The van der Waals surface area contributed by atoms with Crippen molar-refractivity contribution in [3.05, 3.63) is 29.3 Å². The van der Waals surface area contributed by atoms with Crippen molar-refractivity contribution < 1.29 is 18.3 Å². The van der Waals surface area contributed by atoms with Gasteiger partial charge in [-0.25, -0.2) is 8.78 Å². The van der Waals surface area contributed by atoms with E-state index in [1.165, 1.54) is 12.0 Å². The molecule has 0 saturated heterocycles. The summed E-state index contributed by atoms with van der Waals surface area (Å²) in [7, 11) is 1.49. The van der Waals surface area contributed by atoms with E-state index in [4.69, 9.17) is 10.5 Å². The summed E-state index contributed by atoms with van der Waals surface area (Å²) in [6.07, 6.45) is 0. The maximum Gasteiger partial charge on any atom is 0.259 e. The molecule has 0 radical (unpaired) electrons. The summed E-state index contributed by atoms with van der Waals surface area (Å²) in [5.74, 6) is -2.66. The van der Waals surface area contributed by atoms with E-state index in [9.17, 15) is 13.6 Å². The predicted octanol–water partition coefficient (Wildman–Crippen LogP) is 1.66. The van der Waals surface area contributed by atoms with Gasteiger partial charge in [-0.15, -0.1) is 0 Å². The molecule has 0 bridgehead atoms. The topological polar surface area (TPSA) is 55.6 Å². The first-order valence-electron chi connectivity index (χ1n) is 5.54. The van der Waals surface area contributed by atoms with Gasteiger partial charge >= 0.3 is 0 Å². The Kier molecular flexibility index (Phi) is 5.03. The van der Waals surface area contributed by atoms with Gasteiger partial charge in [0, 0.05) is 20.2 Å². The van der Waals surface area contributed by atoms with Crippen molar-refractivity contribution >= 4 is 11.6 Å². The molecule has 100 valence electrons. The minimum Gasteiger partial charge on any atom is -0.396 e. The lowest BCUT2D eigenvalue weighted by Crippen LogP contribution is -2.35. The van der Waals surface area contributed by atoms with E-state index >= 15 is 0 Å². The highest BCUT2D eigenvalue weighted by atomic mass is 19.1. The Labute approximate surface area is 104 Å². The van der Waals surface area contributed by atoms with Gasteiger partial charge in [0.1, 0.15) is 11.4 Å². The van der Waals surface area contributed by atoms with Gasteiger partial charge in [0.15, 0.2) is 5.82 Å². The molecule has 1 amide bonds. The summed E-state index contributed by atoms with van der Waals surface area (Å²) in [5, 5.41) is 0. The van der Waals surface area contributed by atoms with Gasteiger partial charge in [-0.3, -0.25) is 4.79 Å². The smallest absolute Gasteiger partial charge is 0.259 e. The van der Waals surface area contributed by atoms with E-state index in [2.05, 4.69) is 0 Å². The van der Waals surface area contributed by atoms with Gasteiger partial charge in [0.2, 0.25) is 0 Å². The molecule has 0 aromatic heterocycles. The van der Waals surface area contributed by atoms with E-state index < -0.39 is 23.1 Å². The van der Waals surface area contributed by atoms with Crippen LogP contribution < -0.4 is 5.73 Å². The van der Waals surface area contributed by atoms with Crippen LogP contribution in [0.15, 0.2) is 12.1 Å². The molecular formula is C12H16F2N2O2. The second-order valence-electron chi connectivity index (χ2n) is 3.70. The Balaban J connectivity index is 3.05. The Hall–Kier alpha value is -1.69. The molecule has 0 spiro atoms. The number of halogens is 2. The molecule has 0 fully saturated rings. The Bertz CT molecular complexity index is 438. The summed E-state index contributed by atoms with van der Waals surface area (Å²) in [6.45, 7) is 2.61. The second-order valence-corrected chi connectivity index (χ2v) is 3.70. The van der Waals surface area contributed by atoms with E-state index in [0.29, 0.717) is 13.2 Å². The first-order chi connectivity index (χ1) is 8.52. The Morgan fingerprint density at radius 3 is 2.67 bits per heavy atom. The predicted molar refractivity (Wildman–Crippen MR) is 64.2 cm³/mol. The quantitative estimate of drug-likeness (QED) is 0.817. The average molecular weight is 258 g/mol. The summed E-state index contributed by atoms with van der Waals surface area (Å²) in [4.78, 5) is 13.3. The van der Waals surface area contributed by atoms with E-state index in [0.717, 1.165) is 12.1 Å². The van der Waals surface area contributed by atoms with Gasteiger partial charge in [0.25, 0.3) is 5.91 Å². The highest BCUT2D eigenvalue weighted by molar-refractivity contribution is 5.95. The summed E-state index contributed by atoms with van der Waals surface area (Å²) in [6, 6.07) is 2.07. The molecule has 0 aliphatic heterocycles. The largest absolute Gasteiger partial charge is 0.396 e. The number of anilines is 1. The highest BCUT2D eigenvalue weighted by Gasteiger charge is 2.23. The molecule has 1 rings (SSSR count). The number of rotatable bonds is 5. The summed E-state index contributed by atoms with van der Waals surface area (Å²) in [5.41, 5.74) is 4.47. The molecule has 2 N–H and O–H groups in total. The molecular weight excluding hydrogens is 242 g/mol. The Morgan fingerprint density at radius 1 is 1.44 bits per heavy atom. The number of benzene rings is 1. The summed E-state index contributed by atoms with van der Waals surface area (Å²) < 4.78 is 32.1. The molecule has 0 unspecified atom stereocenters. The molecule has 0 aliphatic carbocycles. The zero-order chi connectivity index (χ0) is 13.7. The fraction of sp³-hybridized carbons (Fsp3) is 0.417. The molecule has 4 nitrogen and oxygen atoms in total. The molecule has 1 aromatic carbocycles. The van der Waals surface area contributed by atoms with Crippen molar-refractivity contribution in [3.8, 4) is 0 Å². The van der Waals surface area contributed by atoms with E-state index in [-0.39, 0.29) is 12.2 Å². The lowest BCUT2D eigenvalue weighted by molar-refractivity contribution is 0.0697. The van der Waals surface area contributed by atoms with Crippen LogP contribution in [0.3, 0.4) is 0 Å². The van der Waals surface area contributed by atoms with Crippen LogP contribution in [0.4, 0.5) is 14.5 Å². The SMILES string of the molecule is CCN(CCOC)C(=O)c1c(F)ccc(N)c1F. The van der Waals surface area contributed by atoms with E-state index in [1.807, 2.05) is 0 Å². The van der Waals surface area contributed by atoms with Gasteiger partial charge in [-0.2, -0.15) is 0 Å². The Morgan fingerprint density at radius 2 is 2.11 bits per heavy atom. The van der Waals surface area contributed by atoms with Crippen molar-refractivity contribution in [2.45, 2.75) is 6.92 Å². The molecule has 0 aliphatic rings. The third-order valence-electron chi connectivity index (χ3n) is 2.57. The first kappa shape index (κ1) is 14.4. The number of nitrogens with two attached hydrogens (primary N) is 1. The minimum atomic E-state index is -1.02. The van der Waals surface area contributed by atoms with Crippen molar-refractivity contribution in [3.63, 3.8) is 0 Å². The number of hydrogen-bond acceptors (Lipinski definition) is 3. The van der Waals surface area contributed by atoms with Crippen molar-refractivity contribution in [2.24, 2.45) is 0 Å². The molecule has 0 saturated carbocycles. The number of likely N-dealkylation sites (N-methyl/N-ethyl adjacent to an activating group) is 1. The fourth-order valence-electron chi connectivity index (χ4n) is 1.53. The van der Waals surface area contributed by atoms with Crippen LogP contribution in [0.2, 0.25) is 0 Å². The molecule has 0 heterocycles. The van der Waals surface area contributed by atoms with Crippen molar-refractivity contribution in [1.82, 2.24) is 4.90 Å². The maximum absolute atomic E-state index is 13.7. The van der Waals surface area contributed by atoms with Gasteiger partial charge in [0.05, 0.1) is 12.3 Å². The third-order valence-corrected chi connectivity index (χ3v) is 2.57. The van der Waals surface area contributed by atoms with Crippen molar-refractivity contribution in [2.75, 3.05) is 32.5 Å². The number of hydrogen-bond donors (Lipinski definition) is 1. The van der Waals surface area contributed by atoms with Crippen LogP contribution in [0.5, 0.6) is 0 Å². The van der Waals surface area contributed by atoms with Crippen LogP contribution in [0.1, 0.15) is 17.3 Å². The first-order valence-corrected chi connectivity index (χ1v) is 5.54. The number of carbonyl (C=O) groups is 1. The van der Waals surface area contributed by atoms with Crippen molar-refractivity contribution in [1.29, 1.82) is 0 Å². The fourth-order valence-corrected chi connectivity index (χ4v) is 1.53. The zero-order valence-corrected chi connectivity index (χ0v) is 10.4. The highest BCUT2D eigenvalue weighted by Crippen LogP contribution is 2.20. The molecule has 6 heteroatoms. The number of nitrogens with zero attached hydrogens (tertiary/aromatic N) is 1. The lowest BCUT2D eigenvalue weighted by Gasteiger charge is -2.21. The number of nitrogen functional groups attached to an aromatic ring is 1. The standard InChI is InChI=1S/C12H16F2N2O2/c1-3-16(6-7-18-2)12(17)10-8(13)4-5-9(15)11(10)14/h4-5H,3,6-7,15H2,1-2H3. The zero-order valence-electron chi connectivity index (χ0n) is 10.4. The minimum absolute atomic E-state index is 0.248. The average Bonchev–Trinajstić information content (AvgIpc) is 2.35. The third kappa shape index (κ3) is 2.95. The number of carbonyl (C=O) groups excluding carboxylic acids is 1. The molecule has 0 atom stereocenters. The molecule has 1 aromatic rings. The van der Waals surface area contributed by atoms with Gasteiger partial charge < -0.3 is 15.4 Å².